The second kappa shape index (κ2) is 10.1. The number of benzene rings is 1. The first-order valence-electron chi connectivity index (χ1n) is 11.6. The van der Waals surface area contributed by atoms with Gasteiger partial charge >= 0.3 is 0 Å². The SMILES string of the molecule is CCN1CCN(c2ccc(CNC(=O)CCCN3C(=O)c4ccc(C)cc4C3=O)cn2)CC1. The average Bonchev–Trinajstić information content (AvgIpc) is 3.07. The lowest BCUT2D eigenvalue weighted by Gasteiger charge is -2.34. The van der Waals surface area contributed by atoms with Crippen molar-refractivity contribution < 1.29 is 14.4 Å². The monoisotopic (exact) mass is 449 g/mol. The first-order valence-corrected chi connectivity index (χ1v) is 11.6. The van der Waals surface area contributed by atoms with E-state index >= 15 is 0 Å². The van der Waals surface area contributed by atoms with Gasteiger partial charge in [-0.05, 0) is 43.7 Å². The number of anilines is 1. The van der Waals surface area contributed by atoms with Gasteiger partial charge in [-0.1, -0.05) is 24.6 Å². The summed E-state index contributed by atoms with van der Waals surface area (Å²) in [5.41, 5.74) is 2.78. The van der Waals surface area contributed by atoms with Crippen LogP contribution in [0.15, 0.2) is 36.5 Å². The summed E-state index contributed by atoms with van der Waals surface area (Å²) in [6.07, 6.45) is 2.49. The third kappa shape index (κ3) is 5.22. The molecule has 1 fully saturated rings. The van der Waals surface area contributed by atoms with Crippen LogP contribution in [0.4, 0.5) is 5.82 Å². The van der Waals surface area contributed by atoms with Crippen LogP contribution in [-0.4, -0.2) is 71.8 Å². The lowest BCUT2D eigenvalue weighted by Crippen LogP contribution is -2.46. The summed E-state index contributed by atoms with van der Waals surface area (Å²) in [5.74, 6) is 0.304. The number of rotatable bonds is 8. The average molecular weight is 450 g/mol. The van der Waals surface area contributed by atoms with Gasteiger partial charge in [0.1, 0.15) is 5.82 Å². The maximum Gasteiger partial charge on any atom is 0.261 e. The normalized spacial score (nSPS) is 16.3. The largest absolute Gasteiger partial charge is 0.354 e. The Balaban J connectivity index is 1.20. The van der Waals surface area contributed by atoms with E-state index in [1.54, 1.807) is 12.1 Å². The predicted molar refractivity (Wildman–Crippen MR) is 126 cm³/mol. The van der Waals surface area contributed by atoms with E-state index in [1.807, 2.05) is 31.3 Å². The Kier molecular flexibility index (Phi) is 7.03. The maximum absolute atomic E-state index is 12.5. The number of amides is 3. The molecule has 2 aliphatic heterocycles. The molecule has 0 radical (unpaired) electrons. The molecule has 0 saturated carbocycles. The minimum atomic E-state index is -0.280. The molecule has 8 nitrogen and oxygen atoms in total. The van der Waals surface area contributed by atoms with Gasteiger partial charge in [-0.3, -0.25) is 19.3 Å². The minimum absolute atomic E-state index is 0.109. The molecule has 1 aromatic heterocycles. The highest BCUT2D eigenvalue weighted by atomic mass is 16.2. The fourth-order valence-electron chi connectivity index (χ4n) is 4.30. The summed E-state index contributed by atoms with van der Waals surface area (Å²) in [6, 6.07) is 9.27. The standard InChI is InChI=1S/C25H31N5O3/c1-3-28-11-13-29(14-12-28)22-9-7-19(16-26-22)17-27-23(31)5-4-10-30-24(32)20-8-6-18(2)15-21(20)25(30)33/h6-9,15-16H,3-5,10-14,17H2,1-2H3,(H,27,31). The molecule has 1 N–H and O–H groups in total. The molecule has 0 bridgehead atoms. The lowest BCUT2D eigenvalue weighted by atomic mass is 10.1. The van der Waals surface area contributed by atoms with E-state index in [-0.39, 0.29) is 30.7 Å². The summed E-state index contributed by atoms with van der Waals surface area (Å²) < 4.78 is 0. The zero-order valence-electron chi connectivity index (χ0n) is 19.3. The van der Waals surface area contributed by atoms with E-state index in [4.69, 9.17) is 0 Å². The van der Waals surface area contributed by atoms with Crippen LogP contribution in [0.1, 0.15) is 51.6 Å². The molecule has 8 heteroatoms. The number of hydrogen-bond acceptors (Lipinski definition) is 6. The molecule has 1 aromatic carbocycles. The van der Waals surface area contributed by atoms with Crippen LogP contribution in [0.2, 0.25) is 0 Å². The number of aromatic nitrogens is 1. The van der Waals surface area contributed by atoms with Crippen molar-refractivity contribution >= 4 is 23.5 Å². The van der Waals surface area contributed by atoms with Crippen LogP contribution in [0.5, 0.6) is 0 Å². The van der Waals surface area contributed by atoms with E-state index in [2.05, 4.69) is 27.0 Å². The molecule has 33 heavy (non-hydrogen) atoms. The van der Waals surface area contributed by atoms with Gasteiger partial charge in [0.15, 0.2) is 0 Å². The van der Waals surface area contributed by atoms with Crippen molar-refractivity contribution in [3.05, 3.63) is 58.8 Å². The molecular formula is C25H31N5O3. The molecule has 3 amide bonds. The lowest BCUT2D eigenvalue weighted by molar-refractivity contribution is -0.121. The first-order chi connectivity index (χ1) is 16.0. The predicted octanol–water partition coefficient (Wildman–Crippen LogP) is 2.22. The molecule has 2 aromatic rings. The van der Waals surface area contributed by atoms with E-state index in [1.165, 1.54) is 4.90 Å². The second-order valence-corrected chi connectivity index (χ2v) is 8.64. The quantitative estimate of drug-likeness (QED) is 0.622. The van der Waals surface area contributed by atoms with Crippen molar-refractivity contribution in [2.45, 2.75) is 33.2 Å². The van der Waals surface area contributed by atoms with E-state index < -0.39 is 0 Å². The molecule has 3 heterocycles. The molecule has 0 aliphatic carbocycles. The van der Waals surface area contributed by atoms with Crippen molar-refractivity contribution in [3.63, 3.8) is 0 Å². The molecule has 0 unspecified atom stereocenters. The number of piperazine rings is 1. The number of pyridine rings is 1. The molecule has 1 saturated heterocycles. The number of hydrogen-bond donors (Lipinski definition) is 1. The van der Waals surface area contributed by atoms with Crippen LogP contribution in [0.25, 0.3) is 0 Å². The van der Waals surface area contributed by atoms with E-state index in [9.17, 15) is 14.4 Å². The summed E-state index contributed by atoms with van der Waals surface area (Å²) in [5, 5.41) is 2.90. The van der Waals surface area contributed by atoms with Gasteiger partial charge in [-0.25, -0.2) is 4.98 Å². The number of imide groups is 1. The summed E-state index contributed by atoms with van der Waals surface area (Å²) in [7, 11) is 0. The summed E-state index contributed by atoms with van der Waals surface area (Å²) >= 11 is 0. The number of nitrogens with one attached hydrogen (secondary N) is 1. The van der Waals surface area contributed by atoms with E-state index in [0.717, 1.165) is 49.7 Å². The van der Waals surface area contributed by atoms with Crippen molar-refractivity contribution in [2.24, 2.45) is 0 Å². The van der Waals surface area contributed by atoms with Crippen LogP contribution in [-0.2, 0) is 11.3 Å². The number of likely N-dealkylation sites (N-methyl/N-ethyl adjacent to an activating group) is 1. The molecule has 4 rings (SSSR count). The third-order valence-corrected chi connectivity index (χ3v) is 6.35. The highest BCUT2D eigenvalue weighted by Crippen LogP contribution is 2.24. The Labute approximate surface area is 194 Å². The van der Waals surface area contributed by atoms with Gasteiger partial charge in [0, 0.05) is 51.9 Å². The molecule has 2 aliphatic rings. The Morgan fingerprint density at radius 3 is 2.48 bits per heavy atom. The van der Waals surface area contributed by atoms with Gasteiger partial charge in [0.2, 0.25) is 5.91 Å². The van der Waals surface area contributed by atoms with Crippen LogP contribution >= 0.6 is 0 Å². The molecular weight excluding hydrogens is 418 g/mol. The van der Waals surface area contributed by atoms with Crippen LogP contribution in [0.3, 0.4) is 0 Å². The first kappa shape index (κ1) is 22.9. The number of carbonyl (C=O) groups excluding carboxylic acids is 3. The highest BCUT2D eigenvalue weighted by molar-refractivity contribution is 6.21. The third-order valence-electron chi connectivity index (χ3n) is 6.35. The van der Waals surface area contributed by atoms with Crippen molar-refractivity contribution in [1.29, 1.82) is 0 Å². The van der Waals surface area contributed by atoms with Crippen molar-refractivity contribution in [3.8, 4) is 0 Å². The fraction of sp³-hybridized carbons (Fsp3) is 0.440. The number of nitrogens with zero attached hydrogens (tertiary/aromatic N) is 4. The van der Waals surface area contributed by atoms with Crippen LogP contribution in [0, 0.1) is 6.92 Å². The summed E-state index contributed by atoms with van der Waals surface area (Å²) in [6.45, 7) is 9.85. The molecule has 0 spiro atoms. The van der Waals surface area contributed by atoms with Crippen LogP contribution < -0.4 is 10.2 Å². The molecule has 0 atom stereocenters. The Morgan fingerprint density at radius 2 is 1.79 bits per heavy atom. The zero-order valence-corrected chi connectivity index (χ0v) is 19.3. The Hall–Kier alpha value is -3.26. The zero-order chi connectivity index (χ0) is 23.4. The smallest absolute Gasteiger partial charge is 0.261 e. The summed E-state index contributed by atoms with van der Waals surface area (Å²) in [4.78, 5) is 47.7. The van der Waals surface area contributed by atoms with Gasteiger partial charge in [-0.15, -0.1) is 0 Å². The van der Waals surface area contributed by atoms with E-state index in [0.29, 0.717) is 24.1 Å². The maximum atomic E-state index is 12.5. The van der Waals surface area contributed by atoms with Gasteiger partial charge < -0.3 is 15.1 Å². The number of fused-ring (bicyclic) bond motifs is 1. The Bertz CT molecular complexity index is 1030. The van der Waals surface area contributed by atoms with Crippen molar-refractivity contribution in [1.82, 2.24) is 20.1 Å². The van der Waals surface area contributed by atoms with Gasteiger partial charge in [-0.2, -0.15) is 0 Å². The van der Waals surface area contributed by atoms with Gasteiger partial charge in [0.25, 0.3) is 11.8 Å². The Morgan fingerprint density at radius 1 is 1.03 bits per heavy atom. The number of aryl methyl sites for hydroxylation is 1. The van der Waals surface area contributed by atoms with Gasteiger partial charge in [0.05, 0.1) is 11.1 Å². The minimum Gasteiger partial charge on any atom is -0.354 e. The number of carbonyl (C=O) groups is 3. The highest BCUT2D eigenvalue weighted by Gasteiger charge is 2.34. The second-order valence-electron chi connectivity index (χ2n) is 8.64. The molecule has 174 valence electrons. The topological polar surface area (TPSA) is 85.9 Å². The van der Waals surface area contributed by atoms with Crippen molar-refractivity contribution in [2.75, 3.05) is 44.2 Å². The fourth-order valence-corrected chi connectivity index (χ4v) is 4.30.